The van der Waals surface area contributed by atoms with E-state index in [-0.39, 0.29) is 23.9 Å². The molecule has 2 saturated carbocycles. The molecule has 2 heterocycles. The van der Waals surface area contributed by atoms with E-state index in [2.05, 4.69) is 36.6 Å². The SMILES string of the molecule is CC(C)[C@H]1CN(Cc2ccc(CN3C(=N)N[C@](CCC4CCCCC4)(CC4CCCCC4)C3=O)cc2)C(=O)N1. The molecule has 0 aromatic heterocycles. The van der Waals surface area contributed by atoms with Gasteiger partial charge in [-0.15, -0.1) is 0 Å². The highest BCUT2D eigenvalue weighted by molar-refractivity contribution is 6.07. The van der Waals surface area contributed by atoms with Gasteiger partial charge in [-0.05, 0) is 48.1 Å². The number of hydrogen-bond donors (Lipinski definition) is 3. The Morgan fingerprint density at radius 3 is 2.08 bits per heavy atom. The molecule has 2 atom stereocenters. The molecule has 0 bridgehead atoms. The van der Waals surface area contributed by atoms with Crippen molar-refractivity contribution in [2.75, 3.05) is 6.54 Å². The zero-order valence-electron chi connectivity index (χ0n) is 24.1. The zero-order chi connectivity index (χ0) is 27.4. The summed E-state index contributed by atoms with van der Waals surface area (Å²) < 4.78 is 0. The molecule has 4 aliphatic rings. The van der Waals surface area contributed by atoms with Crippen LogP contribution < -0.4 is 10.6 Å². The van der Waals surface area contributed by atoms with Crippen LogP contribution in [-0.2, 0) is 17.9 Å². The Bertz CT molecular complexity index is 1010. The lowest BCUT2D eigenvalue weighted by molar-refractivity contribution is -0.132. The summed E-state index contributed by atoms with van der Waals surface area (Å²) in [6, 6.07) is 8.41. The molecule has 1 aromatic carbocycles. The molecule has 4 fully saturated rings. The van der Waals surface area contributed by atoms with Crippen molar-refractivity contribution in [3.8, 4) is 0 Å². The number of urea groups is 1. The fourth-order valence-corrected chi connectivity index (χ4v) is 7.36. The number of nitrogens with one attached hydrogen (secondary N) is 3. The summed E-state index contributed by atoms with van der Waals surface area (Å²) in [5.41, 5.74) is 1.48. The van der Waals surface area contributed by atoms with E-state index in [1.165, 1.54) is 64.2 Å². The van der Waals surface area contributed by atoms with Gasteiger partial charge < -0.3 is 15.5 Å². The minimum atomic E-state index is -0.619. The zero-order valence-corrected chi connectivity index (χ0v) is 24.1. The lowest BCUT2D eigenvalue weighted by Gasteiger charge is -2.34. The van der Waals surface area contributed by atoms with Crippen molar-refractivity contribution >= 4 is 17.9 Å². The molecule has 1 aromatic rings. The molecule has 0 radical (unpaired) electrons. The van der Waals surface area contributed by atoms with Gasteiger partial charge in [-0.1, -0.05) is 102 Å². The van der Waals surface area contributed by atoms with Crippen LogP contribution in [0.15, 0.2) is 24.3 Å². The highest BCUT2D eigenvalue weighted by atomic mass is 16.2. The van der Waals surface area contributed by atoms with Crippen molar-refractivity contribution < 1.29 is 9.59 Å². The number of amides is 3. The number of hydrogen-bond acceptors (Lipinski definition) is 3. The number of benzene rings is 1. The highest BCUT2D eigenvalue weighted by Crippen LogP contribution is 2.39. The Hall–Kier alpha value is -2.57. The van der Waals surface area contributed by atoms with Crippen molar-refractivity contribution in [3.63, 3.8) is 0 Å². The van der Waals surface area contributed by atoms with Crippen LogP contribution in [0.1, 0.15) is 108 Å². The van der Waals surface area contributed by atoms with E-state index in [0.717, 1.165) is 42.9 Å². The maximum atomic E-state index is 14.1. The third kappa shape index (κ3) is 6.60. The Labute approximate surface area is 235 Å². The molecule has 7 nitrogen and oxygen atoms in total. The molecule has 39 heavy (non-hydrogen) atoms. The number of carbonyl (C=O) groups excluding carboxylic acids is 2. The summed E-state index contributed by atoms with van der Waals surface area (Å²) in [5.74, 6) is 2.08. The van der Waals surface area contributed by atoms with Crippen LogP contribution in [0.4, 0.5) is 4.79 Å². The van der Waals surface area contributed by atoms with Gasteiger partial charge in [0.25, 0.3) is 5.91 Å². The van der Waals surface area contributed by atoms with Crippen molar-refractivity contribution in [1.82, 2.24) is 20.4 Å². The van der Waals surface area contributed by atoms with Crippen molar-refractivity contribution in [2.45, 2.75) is 122 Å². The van der Waals surface area contributed by atoms with E-state index in [1.807, 2.05) is 17.0 Å². The van der Waals surface area contributed by atoms with Crippen LogP contribution in [0.2, 0.25) is 0 Å². The van der Waals surface area contributed by atoms with E-state index in [0.29, 0.717) is 24.9 Å². The molecule has 5 rings (SSSR count). The standard InChI is InChI=1S/C32H49N5O2/c1-23(2)28-22-36(31(39)34-28)20-26-13-15-27(16-14-26)21-37-29(38)32(35-30(37)33,19-25-11-7-4-8-12-25)18-17-24-9-5-3-6-10-24/h13-16,23-25,28H,3-12,17-22H2,1-2H3,(H2,33,35)(H,34,39)/t28-,32-/m1/s1. The molecule has 7 heteroatoms. The van der Waals surface area contributed by atoms with Gasteiger partial charge >= 0.3 is 6.03 Å². The van der Waals surface area contributed by atoms with Crippen LogP contribution in [-0.4, -0.2) is 45.8 Å². The number of rotatable bonds is 10. The molecule has 2 saturated heterocycles. The minimum absolute atomic E-state index is 0.00231. The van der Waals surface area contributed by atoms with Crippen LogP contribution in [0.3, 0.4) is 0 Å². The monoisotopic (exact) mass is 535 g/mol. The van der Waals surface area contributed by atoms with Gasteiger partial charge in [0.05, 0.1) is 12.6 Å². The predicted molar refractivity (Wildman–Crippen MR) is 155 cm³/mol. The Morgan fingerprint density at radius 2 is 1.49 bits per heavy atom. The molecule has 0 unspecified atom stereocenters. The van der Waals surface area contributed by atoms with Crippen LogP contribution in [0.5, 0.6) is 0 Å². The van der Waals surface area contributed by atoms with Gasteiger partial charge in [-0.25, -0.2) is 4.79 Å². The molecular formula is C32H49N5O2. The number of nitrogens with zero attached hydrogens (tertiary/aromatic N) is 2. The van der Waals surface area contributed by atoms with E-state index in [4.69, 9.17) is 5.41 Å². The summed E-state index contributed by atoms with van der Waals surface area (Å²) in [6.07, 6.45) is 15.6. The van der Waals surface area contributed by atoms with Gasteiger partial charge in [0, 0.05) is 13.1 Å². The molecule has 0 spiro atoms. The Balaban J connectivity index is 1.24. The van der Waals surface area contributed by atoms with Crippen LogP contribution >= 0.6 is 0 Å². The number of guanidine groups is 1. The average molecular weight is 536 g/mol. The normalized spacial score (nSPS) is 26.9. The fourth-order valence-electron chi connectivity index (χ4n) is 7.36. The molecule has 2 aliphatic carbocycles. The van der Waals surface area contributed by atoms with Gasteiger partial charge in [0.1, 0.15) is 5.54 Å². The topological polar surface area (TPSA) is 88.5 Å². The maximum absolute atomic E-state index is 14.1. The fraction of sp³-hybridized carbons (Fsp3) is 0.719. The summed E-state index contributed by atoms with van der Waals surface area (Å²) >= 11 is 0. The molecular weight excluding hydrogens is 486 g/mol. The first-order valence-electron chi connectivity index (χ1n) is 15.6. The number of carbonyl (C=O) groups is 2. The summed E-state index contributed by atoms with van der Waals surface area (Å²) in [7, 11) is 0. The average Bonchev–Trinajstić information content (AvgIpc) is 3.42. The molecule has 3 N–H and O–H groups in total. The summed E-state index contributed by atoms with van der Waals surface area (Å²) in [4.78, 5) is 30.0. The van der Waals surface area contributed by atoms with E-state index >= 15 is 0 Å². The second-order valence-electron chi connectivity index (χ2n) is 13.2. The highest BCUT2D eigenvalue weighted by Gasteiger charge is 2.50. The predicted octanol–water partition coefficient (Wildman–Crippen LogP) is 6.17. The van der Waals surface area contributed by atoms with Crippen molar-refractivity contribution in [1.29, 1.82) is 5.41 Å². The van der Waals surface area contributed by atoms with Gasteiger partial charge in [-0.3, -0.25) is 15.1 Å². The largest absolute Gasteiger partial charge is 0.342 e. The minimum Gasteiger partial charge on any atom is -0.342 e. The first kappa shape index (κ1) is 28.0. The smallest absolute Gasteiger partial charge is 0.318 e. The lowest BCUT2D eigenvalue weighted by Crippen LogP contribution is -2.49. The lowest BCUT2D eigenvalue weighted by atomic mass is 9.75. The van der Waals surface area contributed by atoms with Gasteiger partial charge in [-0.2, -0.15) is 0 Å². The quantitative estimate of drug-likeness (QED) is 0.335. The van der Waals surface area contributed by atoms with Crippen LogP contribution in [0, 0.1) is 23.2 Å². The second-order valence-corrected chi connectivity index (χ2v) is 13.2. The third-order valence-electron chi connectivity index (χ3n) is 9.90. The summed E-state index contributed by atoms with van der Waals surface area (Å²) in [6.45, 7) is 6.00. The van der Waals surface area contributed by atoms with Gasteiger partial charge in [0.2, 0.25) is 0 Å². The van der Waals surface area contributed by atoms with Gasteiger partial charge in [0.15, 0.2) is 5.96 Å². The molecule has 214 valence electrons. The second kappa shape index (κ2) is 12.3. The Morgan fingerprint density at radius 1 is 0.897 bits per heavy atom. The van der Waals surface area contributed by atoms with E-state index in [1.54, 1.807) is 4.90 Å². The first-order chi connectivity index (χ1) is 18.8. The van der Waals surface area contributed by atoms with E-state index in [9.17, 15) is 9.59 Å². The molecule has 3 amide bonds. The Kier molecular flexibility index (Phi) is 8.82. The van der Waals surface area contributed by atoms with E-state index < -0.39 is 5.54 Å². The third-order valence-corrected chi connectivity index (χ3v) is 9.90. The van der Waals surface area contributed by atoms with Crippen molar-refractivity contribution in [3.05, 3.63) is 35.4 Å². The van der Waals surface area contributed by atoms with Crippen LogP contribution in [0.25, 0.3) is 0 Å². The maximum Gasteiger partial charge on any atom is 0.318 e. The summed E-state index contributed by atoms with van der Waals surface area (Å²) in [5, 5.41) is 15.3. The molecule has 2 aliphatic heterocycles. The van der Waals surface area contributed by atoms with Crippen molar-refractivity contribution in [2.24, 2.45) is 17.8 Å². The first-order valence-corrected chi connectivity index (χ1v) is 15.6.